The zero-order valence-corrected chi connectivity index (χ0v) is 31.9. The van der Waals surface area contributed by atoms with Crippen LogP contribution in [0.4, 0.5) is 0 Å². The van der Waals surface area contributed by atoms with Crippen molar-refractivity contribution < 1.29 is 33.7 Å². The van der Waals surface area contributed by atoms with E-state index in [0.29, 0.717) is 44.1 Å². The molecule has 0 spiro atoms. The summed E-state index contributed by atoms with van der Waals surface area (Å²) in [4.78, 5) is 4.66. The lowest BCUT2D eigenvalue weighted by molar-refractivity contribution is 0.570. The van der Waals surface area contributed by atoms with Gasteiger partial charge in [0.05, 0.1) is 50.2 Å². The van der Waals surface area contributed by atoms with Gasteiger partial charge in [-0.3, -0.25) is 0 Å². The van der Waals surface area contributed by atoms with Crippen LogP contribution in [-0.4, -0.2) is 43.6 Å². The van der Waals surface area contributed by atoms with Gasteiger partial charge in [0, 0.05) is 43.7 Å². The largest absolute Gasteiger partial charge is 0.354 e. The number of sulfone groups is 4. The summed E-state index contributed by atoms with van der Waals surface area (Å²) in [5.74, 6) is 0. The van der Waals surface area contributed by atoms with Crippen molar-refractivity contribution in [3.05, 3.63) is 133 Å². The number of hydrogen-bond donors (Lipinski definition) is 2. The number of para-hydroxylation sites is 2. The van der Waals surface area contributed by atoms with Crippen LogP contribution in [-0.2, 0) is 39.3 Å². The summed E-state index contributed by atoms with van der Waals surface area (Å²) in [5.41, 5.74) is 4.64. The van der Waals surface area contributed by atoms with Gasteiger partial charge in [0.1, 0.15) is 0 Å². The zero-order valence-electron chi connectivity index (χ0n) is 28.6. The van der Waals surface area contributed by atoms with Gasteiger partial charge >= 0.3 is 0 Å². The summed E-state index contributed by atoms with van der Waals surface area (Å²) in [6.45, 7) is 0. The molecule has 2 aliphatic heterocycles. The fraction of sp³-hybridized carbons (Fsp3) is 0. The van der Waals surface area contributed by atoms with Gasteiger partial charge in [-0.1, -0.05) is 72.8 Å². The highest BCUT2D eigenvalue weighted by molar-refractivity contribution is 7.98. The van der Waals surface area contributed by atoms with Crippen LogP contribution in [0.15, 0.2) is 173 Å². The standard InChI is InChI=1S/C42H24N2O8S4/c45-53(46)29-13-5-7-15-31(29)55(49,50)35-21-23(17-19-33(35)53)37-39-25-9-1-3-11-27(25)43-41(39)38(40-26-10-2-4-12-28(26)44-42(37)40)24-18-20-34-36(22-24)56(51,52)32-16-8-6-14-30(32)54(34,47)48/h1-22,43-44H. The zero-order chi connectivity index (χ0) is 38.5. The molecule has 56 heavy (non-hydrogen) atoms. The molecule has 0 aliphatic carbocycles. The molecule has 14 heteroatoms. The number of aromatic nitrogens is 2. The van der Waals surface area contributed by atoms with Crippen molar-refractivity contribution in [2.45, 2.75) is 39.2 Å². The predicted octanol–water partition coefficient (Wildman–Crippen LogP) is 8.25. The van der Waals surface area contributed by atoms with Crippen molar-refractivity contribution in [2.24, 2.45) is 0 Å². The van der Waals surface area contributed by atoms with Crippen LogP contribution in [0.2, 0.25) is 0 Å². The summed E-state index contributed by atoms with van der Waals surface area (Å²) in [7, 11) is -16.9. The minimum Gasteiger partial charge on any atom is -0.354 e. The summed E-state index contributed by atoms with van der Waals surface area (Å²) in [5, 5.41) is 2.84. The fourth-order valence-corrected chi connectivity index (χ4v) is 16.8. The lowest BCUT2D eigenvalue weighted by atomic mass is 9.90. The SMILES string of the molecule is O=S1(=O)c2ccccc2S(=O)(=O)c2cc(-c3c4[nH]c5ccccc5c4c(-c4ccc5c(c4)S(=O)(=O)c4ccccc4S5(=O)=O)c4[nH]c5ccccc5c34)ccc21. The fourth-order valence-electron chi connectivity index (χ4n) is 8.46. The molecule has 0 saturated heterocycles. The van der Waals surface area contributed by atoms with Gasteiger partial charge < -0.3 is 9.97 Å². The van der Waals surface area contributed by atoms with Crippen LogP contribution in [0.25, 0.3) is 65.9 Å². The first kappa shape index (κ1) is 33.3. The first-order valence-corrected chi connectivity index (χ1v) is 23.2. The molecule has 0 saturated carbocycles. The van der Waals surface area contributed by atoms with Crippen LogP contribution in [0.1, 0.15) is 0 Å². The van der Waals surface area contributed by atoms with Crippen molar-refractivity contribution in [2.75, 3.05) is 0 Å². The Balaban J connectivity index is 1.28. The third-order valence-electron chi connectivity index (χ3n) is 10.9. The Morgan fingerprint density at radius 2 is 0.625 bits per heavy atom. The minimum atomic E-state index is -4.27. The van der Waals surface area contributed by atoms with Gasteiger partial charge in [-0.2, -0.15) is 0 Å². The summed E-state index contributed by atoms with van der Waals surface area (Å²) in [6, 6.07) is 34.9. The number of nitrogens with one attached hydrogen (secondary N) is 2. The highest BCUT2D eigenvalue weighted by Crippen LogP contribution is 2.51. The Hall–Kier alpha value is -6.06. The second-order valence-corrected chi connectivity index (χ2v) is 21.4. The van der Waals surface area contributed by atoms with E-state index in [1.54, 1.807) is 12.1 Å². The highest BCUT2D eigenvalue weighted by atomic mass is 32.2. The molecule has 0 atom stereocenters. The van der Waals surface area contributed by atoms with Crippen LogP contribution < -0.4 is 0 Å². The molecule has 2 aliphatic rings. The Morgan fingerprint density at radius 1 is 0.321 bits per heavy atom. The van der Waals surface area contributed by atoms with Crippen molar-refractivity contribution in [1.29, 1.82) is 0 Å². The van der Waals surface area contributed by atoms with E-state index in [0.717, 1.165) is 21.8 Å². The quantitative estimate of drug-likeness (QED) is 0.176. The lowest BCUT2D eigenvalue weighted by Gasteiger charge is -2.22. The second kappa shape index (κ2) is 10.8. The number of aromatic amines is 2. The number of benzene rings is 7. The molecular weight excluding hydrogens is 789 g/mol. The number of hydrogen-bond acceptors (Lipinski definition) is 8. The number of rotatable bonds is 2. The molecule has 274 valence electrons. The monoisotopic (exact) mass is 812 g/mol. The van der Waals surface area contributed by atoms with Crippen LogP contribution in [0, 0.1) is 0 Å². The van der Waals surface area contributed by atoms with E-state index in [1.165, 1.54) is 72.8 Å². The summed E-state index contributed by atoms with van der Waals surface area (Å²) in [6.07, 6.45) is 0. The van der Waals surface area contributed by atoms with Crippen LogP contribution in [0.3, 0.4) is 0 Å². The molecule has 0 unspecified atom stereocenters. The number of fused-ring (bicyclic) bond motifs is 10. The van der Waals surface area contributed by atoms with Crippen molar-refractivity contribution in [3.8, 4) is 22.3 Å². The van der Waals surface area contributed by atoms with E-state index in [-0.39, 0.29) is 39.2 Å². The second-order valence-electron chi connectivity index (χ2n) is 13.8. The van der Waals surface area contributed by atoms with Gasteiger partial charge in [0.2, 0.25) is 39.3 Å². The van der Waals surface area contributed by atoms with Crippen LogP contribution in [0.5, 0.6) is 0 Å². The third-order valence-corrected chi connectivity index (χ3v) is 18.9. The van der Waals surface area contributed by atoms with Crippen molar-refractivity contribution in [1.82, 2.24) is 9.97 Å². The topological polar surface area (TPSA) is 168 Å². The molecule has 4 heterocycles. The van der Waals surface area contributed by atoms with E-state index < -0.39 is 39.3 Å². The van der Waals surface area contributed by atoms with Gasteiger partial charge in [-0.25, -0.2) is 33.7 Å². The summed E-state index contributed by atoms with van der Waals surface area (Å²) < 4.78 is 112. The molecule has 0 fully saturated rings. The van der Waals surface area contributed by atoms with Gasteiger partial charge in [0.25, 0.3) is 0 Å². The Bertz CT molecular complexity index is 3520. The lowest BCUT2D eigenvalue weighted by Crippen LogP contribution is -2.19. The molecule has 10 nitrogen and oxygen atoms in total. The molecule has 2 aromatic heterocycles. The Kier molecular flexibility index (Phi) is 6.43. The van der Waals surface area contributed by atoms with E-state index in [9.17, 15) is 33.7 Å². The molecule has 0 amide bonds. The van der Waals surface area contributed by atoms with Crippen LogP contribution >= 0.6 is 0 Å². The molecule has 11 rings (SSSR count). The summed E-state index contributed by atoms with van der Waals surface area (Å²) >= 11 is 0. The van der Waals surface area contributed by atoms with E-state index in [2.05, 4.69) is 9.97 Å². The Morgan fingerprint density at radius 3 is 1.00 bits per heavy atom. The molecule has 2 N–H and O–H groups in total. The third kappa shape index (κ3) is 4.13. The molecule has 0 radical (unpaired) electrons. The maximum Gasteiger partial charge on any atom is 0.209 e. The first-order valence-electron chi connectivity index (χ1n) is 17.3. The Labute approximate surface area is 319 Å². The highest BCUT2D eigenvalue weighted by Gasteiger charge is 2.41. The molecule has 7 aromatic carbocycles. The predicted molar refractivity (Wildman–Crippen MR) is 211 cm³/mol. The molecule has 9 aromatic rings. The normalized spacial score (nSPS) is 17.0. The number of H-pyrrole nitrogens is 2. The van der Waals surface area contributed by atoms with E-state index in [1.807, 2.05) is 48.5 Å². The minimum absolute atomic E-state index is 0.273. The first-order chi connectivity index (χ1) is 26.8. The van der Waals surface area contributed by atoms with E-state index >= 15 is 0 Å². The smallest absolute Gasteiger partial charge is 0.209 e. The molecule has 0 bridgehead atoms. The van der Waals surface area contributed by atoms with Crippen molar-refractivity contribution in [3.63, 3.8) is 0 Å². The van der Waals surface area contributed by atoms with E-state index in [4.69, 9.17) is 0 Å². The maximum atomic E-state index is 14.2. The average Bonchev–Trinajstić information content (AvgIpc) is 3.77. The van der Waals surface area contributed by atoms with Gasteiger partial charge in [0.15, 0.2) is 0 Å². The maximum absolute atomic E-state index is 14.2. The molecular formula is C42H24N2O8S4. The van der Waals surface area contributed by atoms with Crippen molar-refractivity contribution >= 4 is 83.0 Å². The average molecular weight is 813 g/mol. The van der Waals surface area contributed by atoms with Gasteiger partial charge in [-0.15, -0.1) is 0 Å². The van der Waals surface area contributed by atoms with Gasteiger partial charge in [-0.05, 0) is 71.8 Å².